The number of carbonyl (C=O) groups excluding carboxylic acids is 1. The number of aliphatic carboxylic acids is 1. The molecule has 7 heteroatoms. The van der Waals surface area contributed by atoms with Gasteiger partial charge in [-0.25, -0.2) is 4.79 Å². The van der Waals surface area contributed by atoms with E-state index in [2.05, 4.69) is 5.32 Å². The summed E-state index contributed by atoms with van der Waals surface area (Å²) in [5.41, 5.74) is 1.28. The lowest BCUT2D eigenvalue weighted by Gasteiger charge is -2.06. The molecule has 28 heavy (non-hydrogen) atoms. The molecule has 0 aliphatic carbocycles. The second-order valence-corrected chi connectivity index (χ2v) is 7.21. The van der Waals surface area contributed by atoms with Crippen LogP contribution in [0.15, 0.2) is 66.4 Å². The van der Waals surface area contributed by atoms with Crippen LogP contribution in [0.1, 0.15) is 20.8 Å². The molecule has 2 N–H and O–H groups in total. The van der Waals surface area contributed by atoms with Crippen LogP contribution in [0.3, 0.4) is 0 Å². The summed E-state index contributed by atoms with van der Waals surface area (Å²) in [6.45, 7) is 0. The minimum absolute atomic E-state index is 0.248. The fraction of sp³-hybridized carbons (Fsp3) is 0. The maximum Gasteiger partial charge on any atom is 0.352 e. The molecule has 138 valence electrons. The molecule has 0 spiro atoms. The van der Waals surface area contributed by atoms with Gasteiger partial charge in [-0.15, -0.1) is 11.3 Å². The van der Waals surface area contributed by atoms with Crippen LogP contribution >= 0.6 is 22.9 Å². The Balaban J connectivity index is 1.83. The van der Waals surface area contributed by atoms with Crippen molar-refractivity contribution in [2.45, 2.75) is 0 Å². The number of benzene rings is 2. The predicted octanol–water partition coefficient (Wildman–Crippen LogP) is 4.80. The monoisotopic (exact) mass is 408 g/mol. The van der Waals surface area contributed by atoms with Crippen LogP contribution < -0.4 is 5.32 Å². The number of carboxylic acids is 1. The van der Waals surface area contributed by atoms with E-state index >= 15 is 0 Å². The zero-order valence-electron chi connectivity index (χ0n) is 14.3. The average molecular weight is 409 g/mol. The Hall–Kier alpha value is -3.40. The summed E-state index contributed by atoms with van der Waals surface area (Å²) in [5.74, 6) is -1.82. The number of carbonyl (C=O) groups is 2. The number of nitrogens with one attached hydrogen (secondary N) is 1. The molecule has 0 aliphatic heterocycles. The van der Waals surface area contributed by atoms with E-state index in [4.69, 9.17) is 16.9 Å². The first-order chi connectivity index (χ1) is 13.5. The summed E-state index contributed by atoms with van der Waals surface area (Å²) in [4.78, 5) is 25.4. The summed E-state index contributed by atoms with van der Waals surface area (Å²) >= 11 is 7.56. The summed E-state index contributed by atoms with van der Waals surface area (Å²) < 4.78 is 0. The minimum Gasteiger partial charge on any atom is -0.477 e. The topological polar surface area (TPSA) is 90.2 Å². The van der Waals surface area contributed by atoms with Crippen molar-refractivity contribution in [2.24, 2.45) is 0 Å². The van der Waals surface area contributed by atoms with Gasteiger partial charge in [0, 0.05) is 25.9 Å². The van der Waals surface area contributed by atoms with E-state index in [9.17, 15) is 14.7 Å². The van der Waals surface area contributed by atoms with Gasteiger partial charge in [-0.2, -0.15) is 5.26 Å². The van der Waals surface area contributed by atoms with Crippen LogP contribution in [-0.2, 0) is 4.79 Å². The summed E-state index contributed by atoms with van der Waals surface area (Å²) in [7, 11) is 0. The van der Waals surface area contributed by atoms with Crippen molar-refractivity contribution in [1.29, 1.82) is 5.26 Å². The standard InChI is InChI=1S/C21H13ClN2O3S/c22-17-4-2-1-3-16(17)19-10-9-15(28-19)11-18(21(26)27)24-20(25)14-7-5-13(12-23)6-8-14/h1-11H,(H,24,25)(H,26,27)/b18-11-. The first-order valence-electron chi connectivity index (χ1n) is 8.09. The number of halogens is 1. The first-order valence-corrected chi connectivity index (χ1v) is 9.28. The van der Waals surface area contributed by atoms with Gasteiger partial charge in [-0.3, -0.25) is 4.79 Å². The lowest BCUT2D eigenvalue weighted by atomic mass is 10.1. The van der Waals surface area contributed by atoms with Gasteiger partial charge in [0.2, 0.25) is 0 Å². The molecule has 0 fully saturated rings. The molecule has 0 unspecified atom stereocenters. The van der Waals surface area contributed by atoms with E-state index in [-0.39, 0.29) is 11.3 Å². The fourth-order valence-electron chi connectivity index (χ4n) is 2.42. The van der Waals surface area contributed by atoms with Gasteiger partial charge in [0.25, 0.3) is 5.91 Å². The van der Waals surface area contributed by atoms with Gasteiger partial charge in [0.15, 0.2) is 0 Å². The highest BCUT2D eigenvalue weighted by Crippen LogP contribution is 2.33. The van der Waals surface area contributed by atoms with Gasteiger partial charge in [0.1, 0.15) is 5.70 Å². The zero-order chi connectivity index (χ0) is 20.1. The van der Waals surface area contributed by atoms with Crippen molar-refractivity contribution in [3.8, 4) is 16.5 Å². The van der Waals surface area contributed by atoms with Gasteiger partial charge in [-0.1, -0.05) is 29.8 Å². The van der Waals surface area contributed by atoms with Gasteiger partial charge < -0.3 is 10.4 Å². The van der Waals surface area contributed by atoms with Crippen LogP contribution in [-0.4, -0.2) is 17.0 Å². The Morgan fingerprint density at radius 2 is 1.79 bits per heavy atom. The summed E-state index contributed by atoms with van der Waals surface area (Å²) in [6.07, 6.45) is 1.40. The Kier molecular flexibility index (Phi) is 5.90. The number of carboxylic acid groups (broad SMARTS) is 1. The normalized spacial score (nSPS) is 10.9. The molecule has 0 aliphatic rings. The predicted molar refractivity (Wildman–Crippen MR) is 109 cm³/mol. The number of hydrogen-bond acceptors (Lipinski definition) is 4. The summed E-state index contributed by atoms with van der Waals surface area (Å²) in [6, 6.07) is 18.9. The van der Waals surface area contributed by atoms with Gasteiger partial charge >= 0.3 is 5.97 Å². The van der Waals surface area contributed by atoms with Crippen molar-refractivity contribution < 1.29 is 14.7 Å². The van der Waals surface area contributed by atoms with Crippen LogP contribution in [0.5, 0.6) is 0 Å². The van der Waals surface area contributed by atoms with Crippen molar-refractivity contribution >= 4 is 40.9 Å². The molecule has 1 heterocycles. The maximum atomic E-state index is 12.3. The molecule has 0 atom stereocenters. The Bertz CT molecular complexity index is 1110. The number of nitriles is 1. The number of hydrogen-bond donors (Lipinski definition) is 2. The van der Waals surface area contributed by atoms with E-state index in [0.29, 0.717) is 15.5 Å². The van der Waals surface area contributed by atoms with Crippen LogP contribution in [0.4, 0.5) is 0 Å². The lowest BCUT2D eigenvalue weighted by molar-refractivity contribution is -0.132. The maximum absolute atomic E-state index is 12.3. The Morgan fingerprint density at radius 1 is 1.07 bits per heavy atom. The summed E-state index contributed by atoms with van der Waals surface area (Å²) in [5, 5.41) is 21.2. The van der Waals surface area contributed by atoms with Crippen LogP contribution in [0.2, 0.25) is 5.02 Å². The van der Waals surface area contributed by atoms with Crippen LogP contribution in [0, 0.1) is 11.3 Å². The second-order valence-electron chi connectivity index (χ2n) is 5.69. The number of nitrogens with zero attached hydrogens (tertiary/aromatic N) is 1. The molecule has 3 aromatic rings. The fourth-order valence-corrected chi connectivity index (χ4v) is 3.70. The van der Waals surface area contributed by atoms with Crippen molar-refractivity contribution in [1.82, 2.24) is 5.32 Å². The molecule has 0 saturated carbocycles. The van der Waals surface area contributed by atoms with E-state index in [0.717, 1.165) is 10.4 Å². The lowest BCUT2D eigenvalue weighted by Crippen LogP contribution is -2.27. The molecular weight excluding hydrogens is 396 g/mol. The smallest absolute Gasteiger partial charge is 0.352 e. The highest BCUT2D eigenvalue weighted by Gasteiger charge is 2.14. The molecule has 1 amide bonds. The van der Waals surface area contributed by atoms with E-state index in [1.807, 2.05) is 30.3 Å². The SMILES string of the molecule is N#Cc1ccc(C(=O)N/C(=C\c2ccc(-c3ccccc3Cl)s2)C(=O)O)cc1. The first kappa shape index (κ1) is 19.4. The van der Waals surface area contributed by atoms with Crippen molar-refractivity contribution in [2.75, 3.05) is 0 Å². The molecule has 3 rings (SSSR count). The molecule has 5 nitrogen and oxygen atoms in total. The van der Waals surface area contributed by atoms with E-state index in [1.54, 1.807) is 12.1 Å². The van der Waals surface area contributed by atoms with Crippen LogP contribution in [0.25, 0.3) is 16.5 Å². The average Bonchev–Trinajstić information content (AvgIpc) is 3.16. The minimum atomic E-state index is -1.25. The third-order valence-corrected chi connectivity index (χ3v) is 5.20. The zero-order valence-corrected chi connectivity index (χ0v) is 15.9. The second kappa shape index (κ2) is 8.53. The highest BCUT2D eigenvalue weighted by atomic mass is 35.5. The number of amides is 1. The Labute approximate surface area is 170 Å². The van der Waals surface area contributed by atoms with Crippen molar-refractivity contribution in [3.05, 3.63) is 87.4 Å². The largest absolute Gasteiger partial charge is 0.477 e. The van der Waals surface area contributed by atoms with Gasteiger partial charge in [0.05, 0.1) is 11.6 Å². The Morgan fingerprint density at radius 3 is 2.43 bits per heavy atom. The molecular formula is C21H13ClN2O3S. The third-order valence-electron chi connectivity index (χ3n) is 3.81. The molecule has 0 bridgehead atoms. The molecule has 0 saturated heterocycles. The highest BCUT2D eigenvalue weighted by molar-refractivity contribution is 7.16. The van der Waals surface area contributed by atoms with Crippen molar-refractivity contribution in [3.63, 3.8) is 0 Å². The number of rotatable bonds is 5. The molecule has 0 radical (unpaired) electrons. The molecule has 2 aromatic carbocycles. The molecule has 1 aromatic heterocycles. The quantitative estimate of drug-likeness (QED) is 0.593. The third kappa shape index (κ3) is 4.46. The number of thiophene rings is 1. The van der Waals surface area contributed by atoms with E-state index in [1.165, 1.54) is 41.7 Å². The van der Waals surface area contributed by atoms with E-state index < -0.39 is 11.9 Å². The van der Waals surface area contributed by atoms with Gasteiger partial charge in [-0.05, 0) is 48.5 Å².